The van der Waals surface area contributed by atoms with E-state index in [1.807, 2.05) is 4.52 Å². The Kier molecular flexibility index (Phi) is 5.42. The predicted molar refractivity (Wildman–Crippen MR) is 122 cm³/mol. The second-order valence-corrected chi connectivity index (χ2v) is 9.80. The van der Waals surface area contributed by atoms with Crippen molar-refractivity contribution in [1.29, 1.82) is 0 Å². The van der Waals surface area contributed by atoms with Crippen LogP contribution in [0, 0.1) is 6.92 Å². The number of piperazine rings is 1. The average Bonchev–Trinajstić information content (AvgIpc) is 3.20. The fraction of sp³-hybridized carbons (Fsp3) is 0.476. The van der Waals surface area contributed by atoms with E-state index in [4.69, 9.17) is 15.8 Å². The molecule has 1 aliphatic heterocycles. The summed E-state index contributed by atoms with van der Waals surface area (Å²) in [7, 11) is 0. The summed E-state index contributed by atoms with van der Waals surface area (Å²) in [5.74, 6) is 0.635. The van der Waals surface area contributed by atoms with Crippen LogP contribution in [0.25, 0.3) is 16.2 Å². The highest BCUT2D eigenvalue weighted by molar-refractivity contribution is 7.20. The summed E-state index contributed by atoms with van der Waals surface area (Å²) in [6.07, 6.45) is 0. The normalized spacial score (nSPS) is 15.7. The first-order valence-electron chi connectivity index (χ1n) is 10.2. The van der Waals surface area contributed by atoms with Crippen molar-refractivity contribution in [2.24, 2.45) is 5.73 Å². The number of amides is 1. The van der Waals surface area contributed by atoms with Crippen molar-refractivity contribution in [1.82, 2.24) is 19.5 Å². The van der Waals surface area contributed by atoms with Crippen molar-refractivity contribution in [3.05, 3.63) is 29.8 Å². The van der Waals surface area contributed by atoms with Gasteiger partial charge < -0.3 is 16.0 Å². The maximum Gasteiger partial charge on any atom is 0.231 e. The van der Waals surface area contributed by atoms with Gasteiger partial charge in [-0.05, 0) is 33.8 Å². The summed E-state index contributed by atoms with van der Waals surface area (Å²) in [6, 6.07) is 8.39. The summed E-state index contributed by atoms with van der Waals surface area (Å²) in [4.78, 5) is 21.3. The van der Waals surface area contributed by atoms with Crippen LogP contribution in [0.1, 0.15) is 26.3 Å². The first-order valence-corrected chi connectivity index (χ1v) is 11.0. The molecule has 160 valence electrons. The number of nitrogens with two attached hydrogens (primary N) is 1. The van der Waals surface area contributed by atoms with Crippen LogP contribution in [0.3, 0.4) is 0 Å². The van der Waals surface area contributed by atoms with E-state index in [-0.39, 0.29) is 11.4 Å². The molecule has 3 aromatic rings. The van der Waals surface area contributed by atoms with Gasteiger partial charge in [0.1, 0.15) is 5.69 Å². The lowest BCUT2D eigenvalue weighted by Crippen LogP contribution is -2.48. The molecule has 1 aromatic carbocycles. The van der Waals surface area contributed by atoms with E-state index in [0.717, 1.165) is 53.3 Å². The number of anilines is 2. The second-order valence-electron chi connectivity index (χ2n) is 8.86. The van der Waals surface area contributed by atoms with E-state index in [9.17, 15) is 4.79 Å². The summed E-state index contributed by atoms with van der Waals surface area (Å²) >= 11 is 1.60. The second kappa shape index (κ2) is 7.88. The van der Waals surface area contributed by atoms with E-state index < -0.39 is 0 Å². The van der Waals surface area contributed by atoms with Crippen LogP contribution in [0.4, 0.5) is 10.9 Å². The molecule has 8 nitrogen and oxygen atoms in total. The van der Waals surface area contributed by atoms with Gasteiger partial charge in [-0.15, -0.1) is 5.10 Å². The lowest BCUT2D eigenvalue weighted by Gasteiger charge is -2.33. The van der Waals surface area contributed by atoms with E-state index in [1.54, 1.807) is 11.3 Å². The van der Waals surface area contributed by atoms with E-state index in [2.05, 4.69) is 67.1 Å². The van der Waals surface area contributed by atoms with Gasteiger partial charge in [0.05, 0.1) is 6.54 Å². The van der Waals surface area contributed by atoms with Crippen LogP contribution in [-0.2, 0) is 4.79 Å². The van der Waals surface area contributed by atoms with Crippen molar-refractivity contribution in [3.8, 4) is 11.3 Å². The predicted octanol–water partition coefficient (Wildman–Crippen LogP) is 2.58. The molecule has 1 fully saturated rings. The highest BCUT2D eigenvalue weighted by Gasteiger charge is 2.25. The number of primary amides is 1. The lowest BCUT2D eigenvalue weighted by molar-refractivity contribution is -0.119. The fourth-order valence-corrected chi connectivity index (χ4v) is 4.60. The summed E-state index contributed by atoms with van der Waals surface area (Å²) < 4.78 is 1.93. The van der Waals surface area contributed by atoms with Gasteiger partial charge in [0, 0.05) is 37.3 Å². The first-order chi connectivity index (χ1) is 14.2. The molecule has 2 aromatic heterocycles. The molecule has 0 spiro atoms. The number of fused-ring (bicyclic) bond motifs is 1. The number of carbonyl (C=O) groups is 1. The molecular formula is C21H29N7OS. The highest BCUT2D eigenvalue weighted by Crippen LogP contribution is 2.35. The number of imidazole rings is 1. The Labute approximate surface area is 180 Å². The Morgan fingerprint density at radius 1 is 1.23 bits per heavy atom. The summed E-state index contributed by atoms with van der Waals surface area (Å²) in [6.45, 7) is 12.0. The number of hydrogen-bond donors (Lipinski definition) is 2. The minimum absolute atomic E-state index is 0.126. The van der Waals surface area contributed by atoms with Crippen LogP contribution >= 0.6 is 11.3 Å². The van der Waals surface area contributed by atoms with E-state index in [0.29, 0.717) is 6.54 Å². The van der Waals surface area contributed by atoms with Gasteiger partial charge in [0.25, 0.3) is 0 Å². The van der Waals surface area contributed by atoms with Gasteiger partial charge in [-0.1, -0.05) is 35.1 Å². The molecule has 0 saturated carbocycles. The van der Waals surface area contributed by atoms with Crippen molar-refractivity contribution in [3.63, 3.8) is 0 Å². The molecule has 0 radical (unpaired) electrons. The van der Waals surface area contributed by atoms with Gasteiger partial charge in [-0.2, -0.15) is 4.52 Å². The van der Waals surface area contributed by atoms with Gasteiger partial charge in [-0.3, -0.25) is 9.69 Å². The van der Waals surface area contributed by atoms with Gasteiger partial charge in [0.2, 0.25) is 16.0 Å². The third-order valence-electron chi connectivity index (χ3n) is 5.00. The number of aryl methyl sites for hydroxylation is 1. The fourth-order valence-electron chi connectivity index (χ4n) is 3.64. The molecule has 9 heteroatoms. The van der Waals surface area contributed by atoms with Crippen molar-refractivity contribution in [2.45, 2.75) is 33.2 Å². The Morgan fingerprint density at radius 2 is 1.97 bits per heavy atom. The Bertz CT molecular complexity index is 1060. The van der Waals surface area contributed by atoms with Crippen LogP contribution in [0.15, 0.2) is 24.3 Å². The Hall–Kier alpha value is -2.65. The smallest absolute Gasteiger partial charge is 0.231 e. The van der Waals surface area contributed by atoms with E-state index >= 15 is 0 Å². The number of hydrogen-bond acceptors (Lipinski definition) is 7. The highest BCUT2D eigenvalue weighted by atomic mass is 32.1. The number of nitrogens with one attached hydrogen (secondary N) is 1. The standard InChI is InChI=1S/C21H29N7OS/c1-14-6-5-7-15(12-14)17-18(24-21(2,3)4)28-19(23-17)30-20(25-28)27-10-8-26(9-11-27)13-16(22)29/h5-7,12,24H,8-11,13H2,1-4H3,(H2,22,29). The largest absolute Gasteiger partial charge is 0.369 e. The molecule has 0 atom stereocenters. The summed E-state index contributed by atoms with van der Waals surface area (Å²) in [5, 5.41) is 9.45. The van der Waals surface area contributed by atoms with Crippen molar-refractivity contribution < 1.29 is 4.79 Å². The number of aromatic nitrogens is 3. The zero-order chi connectivity index (χ0) is 21.5. The molecule has 3 heterocycles. The molecule has 4 rings (SSSR count). The minimum atomic E-state index is -0.280. The molecule has 1 saturated heterocycles. The number of rotatable bonds is 5. The molecule has 30 heavy (non-hydrogen) atoms. The molecule has 3 N–H and O–H groups in total. The average molecular weight is 428 g/mol. The minimum Gasteiger partial charge on any atom is -0.369 e. The van der Waals surface area contributed by atoms with Gasteiger partial charge in [0.15, 0.2) is 5.82 Å². The molecule has 0 aliphatic carbocycles. The van der Waals surface area contributed by atoms with Crippen molar-refractivity contribution in [2.75, 3.05) is 42.9 Å². The van der Waals surface area contributed by atoms with Crippen molar-refractivity contribution >= 4 is 33.2 Å². The third kappa shape index (κ3) is 4.41. The number of nitrogens with zero attached hydrogens (tertiary/aromatic N) is 5. The Morgan fingerprint density at radius 3 is 2.60 bits per heavy atom. The molecule has 0 bridgehead atoms. The monoisotopic (exact) mass is 427 g/mol. The van der Waals surface area contributed by atoms with Crippen LogP contribution < -0.4 is 16.0 Å². The topological polar surface area (TPSA) is 91.8 Å². The van der Waals surface area contributed by atoms with Crippen LogP contribution in [0.2, 0.25) is 0 Å². The zero-order valence-corrected chi connectivity index (χ0v) is 18.8. The molecular weight excluding hydrogens is 398 g/mol. The maximum atomic E-state index is 11.2. The maximum absolute atomic E-state index is 11.2. The van der Waals surface area contributed by atoms with Gasteiger partial charge in [-0.25, -0.2) is 4.98 Å². The zero-order valence-electron chi connectivity index (χ0n) is 18.0. The Balaban J connectivity index is 1.65. The summed E-state index contributed by atoms with van der Waals surface area (Å²) in [5.41, 5.74) is 8.40. The quantitative estimate of drug-likeness (QED) is 0.650. The number of benzene rings is 1. The van der Waals surface area contributed by atoms with Gasteiger partial charge >= 0.3 is 0 Å². The van der Waals surface area contributed by atoms with Crippen LogP contribution in [-0.4, -0.2) is 63.7 Å². The van der Waals surface area contributed by atoms with Crippen LogP contribution in [0.5, 0.6) is 0 Å². The molecule has 0 unspecified atom stereocenters. The SMILES string of the molecule is Cc1cccc(-c2nc3sc(N4CCN(CC(N)=O)CC4)nn3c2NC(C)(C)C)c1. The molecule has 1 aliphatic rings. The van der Waals surface area contributed by atoms with E-state index in [1.165, 1.54) is 5.56 Å². The lowest BCUT2D eigenvalue weighted by atomic mass is 10.1. The molecule has 1 amide bonds. The number of carbonyl (C=O) groups excluding carboxylic acids is 1. The third-order valence-corrected chi connectivity index (χ3v) is 5.97. The first kappa shape index (κ1) is 20.6.